The van der Waals surface area contributed by atoms with Gasteiger partial charge in [-0.1, -0.05) is 74.4 Å². The van der Waals surface area contributed by atoms with Gasteiger partial charge in [-0.2, -0.15) is 0 Å². The Morgan fingerprint density at radius 3 is 2.50 bits per heavy atom. The first-order chi connectivity index (χ1) is 9.88. The number of unbranched alkanes of at least 4 members (excludes halogenated alkanes) is 1. The first-order valence-corrected chi connectivity index (χ1v) is 7.51. The molecule has 1 N–H and O–H groups in total. The molecule has 1 nitrogen and oxygen atoms in total. The zero-order valence-electron chi connectivity index (χ0n) is 12.0. The lowest BCUT2D eigenvalue weighted by Crippen LogP contribution is -2.24. The van der Waals surface area contributed by atoms with Gasteiger partial charge >= 0.3 is 0 Å². The molecule has 1 aliphatic rings. The minimum absolute atomic E-state index is 0.436. The van der Waals surface area contributed by atoms with Crippen LogP contribution in [0.1, 0.15) is 48.9 Å². The summed E-state index contributed by atoms with van der Waals surface area (Å²) < 4.78 is 0. The van der Waals surface area contributed by atoms with Gasteiger partial charge in [0.15, 0.2) is 0 Å². The van der Waals surface area contributed by atoms with Gasteiger partial charge in [-0.25, -0.2) is 0 Å². The molecule has 102 valence electrons. The Bertz CT molecular complexity index is 598. The van der Waals surface area contributed by atoms with Crippen molar-refractivity contribution in [3.63, 3.8) is 0 Å². The second kappa shape index (κ2) is 5.96. The molecule has 20 heavy (non-hydrogen) atoms. The summed E-state index contributed by atoms with van der Waals surface area (Å²) >= 11 is 0. The second-order valence-corrected chi connectivity index (χ2v) is 5.39. The van der Waals surface area contributed by atoms with Crippen molar-refractivity contribution in [3.05, 3.63) is 71.3 Å². The van der Waals surface area contributed by atoms with Gasteiger partial charge in [0.2, 0.25) is 0 Å². The Morgan fingerprint density at radius 1 is 0.950 bits per heavy atom. The standard InChI is InChI=1S/C19H21N/c1-2-3-13-18-17-12-8-7-11-16(17)14-19(20-18)15-9-5-4-6-10-15/h4-12,14,18,20H,2-3,13H2,1H3. The Balaban J connectivity index is 1.97. The van der Waals surface area contributed by atoms with Gasteiger partial charge in [0, 0.05) is 5.70 Å². The lowest BCUT2D eigenvalue weighted by Gasteiger charge is -2.28. The van der Waals surface area contributed by atoms with Crippen molar-refractivity contribution in [1.29, 1.82) is 0 Å². The van der Waals surface area contributed by atoms with E-state index >= 15 is 0 Å². The average molecular weight is 263 g/mol. The fraction of sp³-hybridized carbons (Fsp3) is 0.263. The first-order valence-electron chi connectivity index (χ1n) is 7.51. The molecule has 0 amide bonds. The normalized spacial score (nSPS) is 17.1. The van der Waals surface area contributed by atoms with E-state index in [0.717, 1.165) is 0 Å². The Kier molecular flexibility index (Phi) is 3.87. The van der Waals surface area contributed by atoms with Crippen LogP contribution in [0.4, 0.5) is 0 Å². The van der Waals surface area contributed by atoms with E-state index in [1.165, 1.54) is 41.6 Å². The maximum Gasteiger partial charge on any atom is 0.0519 e. The monoisotopic (exact) mass is 263 g/mol. The van der Waals surface area contributed by atoms with Crippen LogP contribution in [0.2, 0.25) is 0 Å². The molecule has 0 saturated heterocycles. The van der Waals surface area contributed by atoms with Crippen LogP contribution >= 0.6 is 0 Å². The summed E-state index contributed by atoms with van der Waals surface area (Å²) in [6, 6.07) is 19.8. The first kappa shape index (κ1) is 13.0. The summed E-state index contributed by atoms with van der Waals surface area (Å²) in [6.07, 6.45) is 5.96. The maximum atomic E-state index is 3.72. The Hall–Kier alpha value is -2.02. The van der Waals surface area contributed by atoms with E-state index in [0.29, 0.717) is 6.04 Å². The number of benzene rings is 2. The fourth-order valence-corrected chi connectivity index (χ4v) is 2.84. The van der Waals surface area contributed by atoms with Crippen LogP contribution in [0.15, 0.2) is 54.6 Å². The smallest absolute Gasteiger partial charge is 0.0519 e. The van der Waals surface area contributed by atoms with Crippen molar-refractivity contribution in [2.24, 2.45) is 0 Å². The third-order valence-electron chi connectivity index (χ3n) is 3.93. The molecule has 2 aromatic rings. The van der Waals surface area contributed by atoms with Gasteiger partial charge in [-0.05, 0) is 29.2 Å². The molecule has 1 heterocycles. The van der Waals surface area contributed by atoms with Crippen LogP contribution < -0.4 is 5.32 Å². The summed E-state index contributed by atoms with van der Waals surface area (Å²) in [4.78, 5) is 0. The molecule has 1 atom stereocenters. The molecule has 0 spiro atoms. The van der Waals surface area contributed by atoms with Gasteiger partial charge in [-0.3, -0.25) is 0 Å². The highest BCUT2D eigenvalue weighted by Gasteiger charge is 2.20. The van der Waals surface area contributed by atoms with Crippen molar-refractivity contribution in [1.82, 2.24) is 5.32 Å². The van der Waals surface area contributed by atoms with Crippen molar-refractivity contribution in [2.75, 3.05) is 0 Å². The van der Waals surface area contributed by atoms with Crippen LogP contribution in [-0.2, 0) is 0 Å². The second-order valence-electron chi connectivity index (χ2n) is 5.39. The number of hydrogen-bond acceptors (Lipinski definition) is 1. The number of fused-ring (bicyclic) bond motifs is 1. The lowest BCUT2D eigenvalue weighted by atomic mass is 9.91. The van der Waals surface area contributed by atoms with Crippen LogP contribution in [-0.4, -0.2) is 0 Å². The third kappa shape index (κ3) is 2.62. The van der Waals surface area contributed by atoms with Crippen molar-refractivity contribution >= 4 is 11.8 Å². The fourth-order valence-electron chi connectivity index (χ4n) is 2.84. The quantitative estimate of drug-likeness (QED) is 0.816. The molecule has 1 unspecified atom stereocenters. The maximum absolute atomic E-state index is 3.72. The highest BCUT2D eigenvalue weighted by atomic mass is 14.9. The zero-order chi connectivity index (χ0) is 13.8. The SMILES string of the molecule is CCCCC1NC(c2ccccc2)=Cc2ccccc21. The number of hydrogen-bond donors (Lipinski definition) is 1. The molecule has 3 rings (SSSR count). The summed E-state index contributed by atoms with van der Waals surface area (Å²) in [5, 5.41) is 3.72. The van der Waals surface area contributed by atoms with Crippen molar-refractivity contribution in [2.45, 2.75) is 32.2 Å². The van der Waals surface area contributed by atoms with Gasteiger partial charge in [0.05, 0.1) is 6.04 Å². The molecule has 0 fully saturated rings. The molecule has 2 aromatic carbocycles. The summed E-state index contributed by atoms with van der Waals surface area (Å²) in [6.45, 7) is 2.25. The van der Waals surface area contributed by atoms with Crippen LogP contribution in [0.25, 0.3) is 11.8 Å². The lowest BCUT2D eigenvalue weighted by molar-refractivity contribution is 0.545. The predicted octanol–water partition coefficient (Wildman–Crippen LogP) is 5.02. The summed E-state index contributed by atoms with van der Waals surface area (Å²) in [5.74, 6) is 0. The van der Waals surface area contributed by atoms with E-state index in [1.807, 2.05) is 0 Å². The van der Waals surface area contributed by atoms with E-state index in [2.05, 4.69) is 72.9 Å². The highest BCUT2D eigenvalue weighted by molar-refractivity contribution is 5.83. The topological polar surface area (TPSA) is 12.0 Å². The molecular formula is C19H21N. The minimum atomic E-state index is 0.436. The van der Waals surface area contributed by atoms with Gasteiger partial charge in [0.25, 0.3) is 0 Å². The molecule has 1 aliphatic heterocycles. The van der Waals surface area contributed by atoms with Crippen molar-refractivity contribution in [3.8, 4) is 0 Å². The molecule has 0 radical (unpaired) electrons. The third-order valence-corrected chi connectivity index (χ3v) is 3.93. The highest BCUT2D eigenvalue weighted by Crippen LogP contribution is 2.32. The van der Waals surface area contributed by atoms with Gasteiger partial charge in [0.1, 0.15) is 0 Å². The van der Waals surface area contributed by atoms with E-state index in [-0.39, 0.29) is 0 Å². The molecular weight excluding hydrogens is 242 g/mol. The zero-order valence-corrected chi connectivity index (χ0v) is 12.0. The van der Waals surface area contributed by atoms with Gasteiger partial charge < -0.3 is 5.32 Å². The van der Waals surface area contributed by atoms with Crippen molar-refractivity contribution < 1.29 is 0 Å². The largest absolute Gasteiger partial charge is 0.378 e. The molecule has 0 aliphatic carbocycles. The minimum Gasteiger partial charge on any atom is -0.378 e. The van der Waals surface area contributed by atoms with E-state index in [1.54, 1.807) is 0 Å². The number of nitrogens with one attached hydrogen (secondary N) is 1. The van der Waals surface area contributed by atoms with E-state index in [9.17, 15) is 0 Å². The van der Waals surface area contributed by atoms with Crippen LogP contribution in [0.3, 0.4) is 0 Å². The Labute approximate surface area is 121 Å². The Morgan fingerprint density at radius 2 is 1.70 bits per heavy atom. The molecule has 1 heteroatoms. The average Bonchev–Trinajstić information content (AvgIpc) is 2.53. The van der Waals surface area contributed by atoms with Crippen LogP contribution in [0, 0.1) is 0 Å². The molecule has 0 aromatic heterocycles. The predicted molar refractivity (Wildman–Crippen MR) is 86.2 cm³/mol. The van der Waals surface area contributed by atoms with Gasteiger partial charge in [-0.15, -0.1) is 0 Å². The van der Waals surface area contributed by atoms with E-state index in [4.69, 9.17) is 0 Å². The summed E-state index contributed by atoms with van der Waals surface area (Å²) in [5.41, 5.74) is 5.29. The van der Waals surface area contributed by atoms with Crippen LogP contribution in [0.5, 0.6) is 0 Å². The summed E-state index contributed by atoms with van der Waals surface area (Å²) in [7, 11) is 0. The molecule has 0 saturated carbocycles. The number of rotatable bonds is 4. The molecule has 0 bridgehead atoms. The van der Waals surface area contributed by atoms with E-state index < -0.39 is 0 Å².